The van der Waals surface area contributed by atoms with Crippen molar-refractivity contribution in [1.29, 1.82) is 0 Å². The van der Waals surface area contributed by atoms with Gasteiger partial charge in [0.05, 0.1) is 24.1 Å². The van der Waals surface area contributed by atoms with E-state index in [4.69, 9.17) is 21.7 Å². The van der Waals surface area contributed by atoms with E-state index >= 15 is 0 Å². The lowest BCUT2D eigenvalue weighted by atomic mass is 10.0. The van der Waals surface area contributed by atoms with Crippen LogP contribution in [0.15, 0.2) is 29.1 Å². The first-order valence-corrected chi connectivity index (χ1v) is 9.26. The van der Waals surface area contributed by atoms with E-state index in [-0.39, 0.29) is 24.4 Å². The number of nitrogens with zero attached hydrogens (tertiary/aromatic N) is 2. The molecule has 3 heterocycles. The molecule has 0 atom stereocenters. The lowest BCUT2D eigenvalue weighted by molar-refractivity contribution is -0.187. The van der Waals surface area contributed by atoms with Crippen LogP contribution in [0.25, 0.3) is 10.9 Å². The van der Waals surface area contributed by atoms with Crippen molar-refractivity contribution in [2.75, 3.05) is 26.3 Å². The fourth-order valence-electron chi connectivity index (χ4n) is 3.65. The zero-order valence-corrected chi connectivity index (χ0v) is 15.2. The van der Waals surface area contributed by atoms with E-state index < -0.39 is 5.79 Å². The number of para-hydroxylation sites is 1. The molecule has 2 aromatic rings. The average Bonchev–Trinajstić information content (AvgIpc) is 3.10. The molecule has 1 aromatic carbocycles. The van der Waals surface area contributed by atoms with Gasteiger partial charge in [-0.05, 0) is 24.4 Å². The Kier molecular flexibility index (Phi) is 4.64. The molecule has 2 aliphatic heterocycles. The molecule has 26 heavy (non-hydrogen) atoms. The molecule has 1 N–H and O–H groups in total. The second-order valence-corrected chi connectivity index (χ2v) is 7.06. The van der Waals surface area contributed by atoms with Gasteiger partial charge in [0.15, 0.2) is 10.6 Å². The number of hydrogen-bond acceptors (Lipinski definition) is 5. The second-order valence-electron chi connectivity index (χ2n) is 6.67. The number of carbonyl (C=O) groups is 1. The lowest BCUT2D eigenvalue weighted by Crippen LogP contribution is -2.47. The summed E-state index contributed by atoms with van der Waals surface area (Å²) in [6, 6.07) is 7.24. The molecule has 2 aliphatic rings. The number of benzene rings is 1. The van der Waals surface area contributed by atoms with Crippen LogP contribution >= 0.6 is 12.2 Å². The van der Waals surface area contributed by atoms with Crippen molar-refractivity contribution in [3.8, 4) is 0 Å². The predicted octanol–water partition coefficient (Wildman–Crippen LogP) is 1.81. The predicted molar refractivity (Wildman–Crippen MR) is 98.5 cm³/mol. The third-order valence-electron chi connectivity index (χ3n) is 5.13. The van der Waals surface area contributed by atoms with Gasteiger partial charge >= 0.3 is 0 Å². The maximum atomic E-state index is 12.6. The molecule has 1 spiro atoms. The zero-order chi connectivity index (χ0) is 18.1. The summed E-state index contributed by atoms with van der Waals surface area (Å²) in [5, 5.41) is 0.573. The quantitative estimate of drug-likeness (QED) is 0.828. The van der Waals surface area contributed by atoms with E-state index in [9.17, 15) is 9.59 Å². The molecule has 0 radical (unpaired) electrons. The number of H-pyrrole nitrogens is 1. The van der Waals surface area contributed by atoms with E-state index in [1.807, 2.05) is 23.1 Å². The highest BCUT2D eigenvalue weighted by Crippen LogP contribution is 2.31. The van der Waals surface area contributed by atoms with Gasteiger partial charge in [-0.2, -0.15) is 0 Å². The van der Waals surface area contributed by atoms with Crippen molar-refractivity contribution in [3.05, 3.63) is 39.4 Å². The van der Waals surface area contributed by atoms with Gasteiger partial charge < -0.3 is 19.4 Å². The van der Waals surface area contributed by atoms with Crippen LogP contribution in [0.2, 0.25) is 0 Å². The van der Waals surface area contributed by atoms with Crippen molar-refractivity contribution in [2.24, 2.45) is 0 Å². The van der Waals surface area contributed by atoms with Gasteiger partial charge in [-0.3, -0.25) is 14.2 Å². The van der Waals surface area contributed by atoms with Crippen LogP contribution in [-0.4, -0.2) is 52.4 Å². The fraction of sp³-hybridized carbons (Fsp3) is 0.500. The lowest BCUT2D eigenvalue weighted by Gasteiger charge is -2.37. The number of hydrogen-bond donors (Lipinski definition) is 1. The standard InChI is InChI=1S/C18H21N3O4S/c22-15(20-9-6-18(7-10-20)24-11-12-25-18)5-8-21-16(23)13-3-1-2-4-14(13)19-17(21)26/h1-4H,5-12H2,(H,19,26). The van der Waals surface area contributed by atoms with Gasteiger partial charge in [0.2, 0.25) is 5.91 Å². The number of piperidine rings is 1. The largest absolute Gasteiger partial charge is 0.347 e. The minimum absolute atomic E-state index is 0.0207. The Hall–Kier alpha value is -2.03. The van der Waals surface area contributed by atoms with Crippen LogP contribution in [0.1, 0.15) is 19.3 Å². The van der Waals surface area contributed by atoms with Gasteiger partial charge in [-0.1, -0.05) is 12.1 Å². The summed E-state index contributed by atoms with van der Waals surface area (Å²) in [5.41, 5.74) is 0.547. The van der Waals surface area contributed by atoms with E-state index in [2.05, 4.69) is 4.98 Å². The number of fused-ring (bicyclic) bond motifs is 1. The first-order chi connectivity index (χ1) is 12.6. The number of rotatable bonds is 3. The van der Waals surface area contributed by atoms with Crippen LogP contribution in [0.5, 0.6) is 0 Å². The first kappa shape index (κ1) is 17.4. The molecule has 8 heteroatoms. The summed E-state index contributed by atoms with van der Waals surface area (Å²) in [4.78, 5) is 30.0. The Morgan fingerprint density at radius 1 is 1.19 bits per heavy atom. The van der Waals surface area contributed by atoms with Crippen molar-refractivity contribution < 1.29 is 14.3 Å². The topological polar surface area (TPSA) is 76.6 Å². The summed E-state index contributed by atoms with van der Waals surface area (Å²) in [6.45, 7) is 2.73. The molecule has 1 amide bonds. The van der Waals surface area contributed by atoms with Crippen LogP contribution in [0, 0.1) is 4.77 Å². The number of aromatic nitrogens is 2. The summed E-state index contributed by atoms with van der Waals surface area (Å²) in [5.74, 6) is -0.471. The van der Waals surface area contributed by atoms with Crippen molar-refractivity contribution in [2.45, 2.75) is 31.6 Å². The molecule has 0 saturated carbocycles. The average molecular weight is 375 g/mol. The Bertz CT molecular complexity index is 935. The SMILES string of the molecule is O=C(CCn1c(=S)[nH]c2ccccc2c1=O)N1CCC2(CC1)OCCO2. The summed E-state index contributed by atoms with van der Waals surface area (Å²) >= 11 is 5.29. The normalized spacial score (nSPS) is 19.3. The van der Waals surface area contributed by atoms with Crippen molar-refractivity contribution in [1.82, 2.24) is 14.5 Å². The minimum Gasteiger partial charge on any atom is -0.347 e. The van der Waals surface area contributed by atoms with Gasteiger partial charge in [0, 0.05) is 38.9 Å². The number of carbonyl (C=O) groups excluding carboxylic acids is 1. The second kappa shape index (κ2) is 6.94. The Labute approximate surface area is 155 Å². The minimum atomic E-state index is -0.491. The third-order valence-corrected chi connectivity index (χ3v) is 5.45. The van der Waals surface area contributed by atoms with E-state index in [1.165, 1.54) is 4.57 Å². The molecule has 138 valence electrons. The van der Waals surface area contributed by atoms with Gasteiger partial charge in [-0.25, -0.2) is 0 Å². The van der Waals surface area contributed by atoms with E-state index in [0.29, 0.717) is 54.8 Å². The maximum absolute atomic E-state index is 12.6. The van der Waals surface area contributed by atoms with Crippen LogP contribution in [0.3, 0.4) is 0 Å². The smallest absolute Gasteiger partial charge is 0.262 e. The molecule has 7 nitrogen and oxygen atoms in total. The van der Waals surface area contributed by atoms with Crippen molar-refractivity contribution in [3.63, 3.8) is 0 Å². The molecular formula is C18H21N3O4S. The molecule has 2 saturated heterocycles. The van der Waals surface area contributed by atoms with Crippen LogP contribution in [-0.2, 0) is 20.8 Å². The Morgan fingerprint density at radius 3 is 2.62 bits per heavy atom. The highest BCUT2D eigenvalue weighted by Gasteiger charge is 2.40. The maximum Gasteiger partial charge on any atom is 0.262 e. The summed E-state index contributed by atoms with van der Waals surface area (Å²) in [7, 11) is 0. The Balaban J connectivity index is 1.43. The molecule has 1 aromatic heterocycles. The van der Waals surface area contributed by atoms with Crippen LogP contribution < -0.4 is 5.56 Å². The number of ether oxygens (including phenoxy) is 2. The highest BCUT2D eigenvalue weighted by molar-refractivity contribution is 7.71. The molecule has 2 fully saturated rings. The molecular weight excluding hydrogens is 354 g/mol. The molecule has 0 bridgehead atoms. The van der Waals surface area contributed by atoms with Gasteiger partial charge in [0.1, 0.15) is 0 Å². The fourth-order valence-corrected chi connectivity index (χ4v) is 3.93. The summed E-state index contributed by atoms with van der Waals surface area (Å²) in [6.07, 6.45) is 1.62. The molecule has 4 rings (SSSR count). The molecule has 0 unspecified atom stereocenters. The number of amides is 1. The first-order valence-electron chi connectivity index (χ1n) is 8.86. The zero-order valence-electron chi connectivity index (χ0n) is 14.4. The molecule has 0 aliphatic carbocycles. The highest BCUT2D eigenvalue weighted by atomic mass is 32.1. The van der Waals surface area contributed by atoms with Crippen LogP contribution in [0.4, 0.5) is 0 Å². The number of aromatic amines is 1. The monoisotopic (exact) mass is 375 g/mol. The van der Waals surface area contributed by atoms with Gasteiger partial charge in [-0.15, -0.1) is 0 Å². The van der Waals surface area contributed by atoms with E-state index in [1.54, 1.807) is 6.07 Å². The van der Waals surface area contributed by atoms with E-state index in [0.717, 1.165) is 0 Å². The third kappa shape index (κ3) is 3.20. The number of nitrogens with one attached hydrogen (secondary N) is 1. The van der Waals surface area contributed by atoms with Gasteiger partial charge in [0.25, 0.3) is 5.56 Å². The van der Waals surface area contributed by atoms with Crippen molar-refractivity contribution >= 4 is 29.0 Å². The summed E-state index contributed by atoms with van der Waals surface area (Å²) < 4.78 is 13.2. The number of likely N-dealkylation sites (tertiary alicyclic amines) is 1. The Morgan fingerprint density at radius 2 is 1.88 bits per heavy atom.